The molecule has 30 heavy (non-hydrogen) atoms. The van der Waals surface area contributed by atoms with E-state index < -0.39 is 0 Å². The number of rotatable bonds is 15. The van der Waals surface area contributed by atoms with Crippen molar-refractivity contribution in [2.45, 2.75) is 116 Å². The maximum atomic E-state index is 6.98. The first kappa shape index (κ1) is 26.7. The molecule has 2 rings (SSSR count). The minimum Gasteiger partial charge on any atom is -0.412 e. The van der Waals surface area contributed by atoms with Crippen LogP contribution in [0.2, 0.25) is 0 Å². The number of hydrogen-bond donors (Lipinski definition) is 1. The number of benzene rings is 2. The standard InChI is InChI=1S/C28H45N.H2O/c1-4-7-8-9-10-11-12-13-14-15-23-27(28(29,5-2)6-3)26-22-18-20-24-19-16-17-21-25(24)26;/h16-22,27H,4-15,23,29H2,1-3H3;1H2. The summed E-state index contributed by atoms with van der Waals surface area (Å²) in [5.41, 5.74) is 8.34. The molecule has 2 nitrogen and oxygen atoms in total. The first-order valence-electron chi connectivity index (χ1n) is 12.4. The van der Waals surface area contributed by atoms with E-state index in [9.17, 15) is 0 Å². The molecule has 0 aliphatic heterocycles. The second-order valence-corrected chi connectivity index (χ2v) is 9.03. The molecule has 2 aromatic carbocycles. The third-order valence-electron chi connectivity index (χ3n) is 7.06. The van der Waals surface area contributed by atoms with Gasteiger partial charge in [-0.05, 0) is 35.6 Å². The summed E-state index contributed by atoms with van der Waals surface area (Å²) in [6.45, 7) is 6.82. The molecule has 0 bridgehead atoms. The van der Waals surface area contributed by atoms with Crippen molar-refractivity contribution in [3.05, 3.63) is 48.0 Å². The fourth-order valence-corrected chi connectivity index (χ4v) is 4.89. The van der Waals surface area contributed by atoms with E-state index in [2.05, 4.69) is 63.2 Å². The highest BCUT2D eigenvalue weighted by molar-refractivity contribution is 5.86. The van der Waals surface area contributed by atoms with Gasteiger partial charge in [-0.3, -0.25) is 0 Å². The Morgan fingerprint density at radius 2 is 1.23 bits per heavy atom. The summed E-state index contributed by atoms with van der Waals surface area (Å²) in [6, 6.07) is 15.6. The molecule has 0 saturated heterocycles. The summed E-state index contributed by atoms with van der Waals surface area (Å²) < 4.78 is 0. The lowest BCUT2D eigenvalue weighted by atomic mass is 9.72. The monoisotopic (exact) mass is 413 g/mol. The molecule has 2 heteroatoms. The molecule has 0 fully saturated rings. The molecule has 4 N–H and O–H groups in total. The highest BCUT2D eigenvalue weighted by atomic mass is 16.0. The Morgan fingerprint density at radius 3 is 1.83 bits per heavy atom. The van der Waals surface area contributed by atoms with E-state index in [1.54, 1.807) is 0 Å². The van der Waals surface area contributed by atoms with Gasteiger partial charge in [-0.1, -0.05) is 127 Å². The topological polar surface area (TPSA) is 57.5 Å². The second kappa shape index (κ2) is 14.6. The quantitative estimate of drug-likeness (QED) is 0.296. The minimum atomic E-state index is -0.108. The summed E-state index contributed by atoms with van der Waals surface area (Å²) in [6.07, 6.45) is 17.2. The zero-order chi connectivity index (χ0) is 21.0. The molecule has 0 aliphatic carbocycles. The second-order valence-electron chi connectivity index (χ2n) is 9.03. The van der Waals surface area contributed by atoms with Gasteiger partial charge in [-0.15, -0.1) is 0 Å². The molecule has 1 atom stereocenters. The van der Waals surface area contributed by atoms with E-state index >= 15 is 0 Å². The lowest BCUT2D eigenvalue weighted by Gasteiger charge is -2.37. The van der Waals surface area contributed by atoms with Crippen LogP contribution in [0, 0.1) is 0 Å². The van der Waals surface area contributed by atoms with Crippen LogP contribution in [0.25, 0.3) is 10.8 Å². The van der Waals surface area contributed by atoms with Gasteiger partial charge >= 0.3 is 0 Å². The Balaban J connectivity index is 0.00000450. The summed E-state index contributed by atoms with van der Waals surface area (Å²) in [5, 5.41) is 2.73. The highest BCUT2D eigenvalue weighted by Gasteiger charge is 2.33. The average molecular weight is 414 g/mol. The van der Waals surface area contributed by atoms with Gasteiger partial charge in [-0.2, -0.15) is 0 Å². The Bertz CT molecular complexity index is 687. The van der Waals surface area contributed by atoms with Gasteiger partial charge in [0.15, 0.2) is 0 Å². The van der Waals surface area contributed by atoms with Gasteiger partial charge in [0.2, 0.25) is 0 Å². The van der Waals surface area contributed by atoms with Crippen molar-refractivity contribution in [2.24, 2.45) is 5.73 Å². The molecule has 0 amide bonds. The fourth-order valence-electron chi connectivity index (χ4n) is 4.89. The zero-order valence-electron chi connectivity index (χ0n) is 19.9. The van der Waals surface area contributed by atoms with Crippen LogP contribution in [0.3, 0.4) is 0 Å². The Kier molecular flexibility index (Phi) is 13.0. The molecule has 1 unspecified atom stereocenters. The number of nitrogens with two attached hydrogens (primary N) is 1. The largest absolute Gasteiger partial charge is 0.412 e. The van der Waals surface area contributed by atoms with E-state index in [0.717, 1.165) is 12.8 Å². The van der Waals surface area contributed by atoms with Gasteiger partial charge in [0.05, 0.1) is 0 Å². The minimum absolute atomic E-state index is 0. The van der Waals surface area contributed by atoms with Crippen molar-refractivity contribution >= 4 is 10.8 Å². The average Bonchev–Trinajstić information content (AvgIpc) is 2.77. The predicted molar refractivity (Wildman–Crippen MR) is 134 cm³/mol. The fraction of sp³-hybridized carbons (Fsp3) is 0.643. The first-order valence-corrected chi connectivity index (χ1v) is 12.4. The SMILES string of the molecule is CCCCCCCCCCCCC(c1cccc2ccccc12)C(N)(CC)CC.O. The van der Waals surface area contributed by atoms with Gasteiger partial charge in [0.25, 0.3) is 0 Å². The van der Waals surface area contributed by atoms with Crippen LogP contribution >= 0.6 is 0 Å². The van der Waals surface area contributed by atoms with E-state index in [-0.39, 0.29) is 11.0 Å². The van der Waals surface area contributed by atoms with Crippen LogP contribution in [0.15, 0.2) is 42.5 Å². The first-order chi connectivity index (χ1) is 14.2. The lowest BCUT2D eigenvalue weighted by Crippen LogP contribution is -2.44. The van der Waals surface area contributed by atoms with Gasteiger partial charge < -0.3 is 11.2 Å². The Morgan fingerprint density at radius 1 is 0.700 bits per heavy atom. The van der Waals surface area contributed by atoms with Gasteiger partial charge in [-0.25, -0.2) is 0 Å². The molecule has 170 valence electrons. The number of fused-ring (bicyclic) bond motifs is 1. The summed E-state index contributed by atoms with van der Waals surface area (Å²) in [5.74, 6) is 0.442. The zero-order valence-corrected chi connectivity index (χ0v) is 19.9. The Hall–Kier alpha value is -1.38. The molecule has 0 aromatic heterocycles. The maximum absolute atomic E-state index is 6.98. The predicted octanol–water partition coefficient (Wildman–Crippen LogP) is 7.93. The van der Waals surface area contributed by atoms with Crippen molar-refractivity contribution in [1.82, 2.24) is 0 Å². The lowest BCUT2D eigenvalue weighted by molar-refractivity contribution is 0.301. The molecule has 0 radical (unpaired) electrons. The molecule has 0 spiro atoms. The number of unbranched alkanes of at least 4 members (excludes halogenated alkanes) is 9. The summed E-state index contributed by atoms with van der Waals surface area (Å²) in [7, 11) is 0. The normalized spacial score (nSPS) is 12.7. The van der Waals surface area contributed by atoms with Crippen LogP contribution in [0.1, 0.15) is 116 Å². The third-order valence-corrected chi connectivity index (χ3v) is 7.06. The van der Waals surface area contributed by atoms with Crippen molar-refractivity contribution in [1.29, 1.82) is 0 Å². The van der Waals surface area contributed by atoms with Crippen LogP contribution in [-0.4, -0.2) is 11.0 Å². The molecule has 2 aromatic rings. The van der Waals surface area contributed by atoms with Crippen molar-refractivity contribution in [3.8, 4) is 0 Å². The van der Waals surface area contributed by atoms with E-state index in [1.807, 2.05) is 0 Å². The van der Waals surface area contributed by atoms with Crippen LogP contribution in [0.4, 0.5) is 0 Å². The number of hydrogen-bond acceptors (Lipinski definition) is 1. The highest BCUT2D eigenvalue weighted by Crippen LogP contribution is 2.39. The van der Waals surface area contributed by atoms with Crippen LogP contribution in [0.5, 0.6) is 0 Å². The van der Waals surface area contributed by atoms with Crippen molar-refractivity contribution in [3.63, 3.8) is 0 Å². The Labute approximate surface area is 186 Å². The maximum Gasteiger partial charge on any atom is 0.0218 e. The molecule has 0 aliphatic rings. The molecule has 0 heterocycles. The molecular formula is C28H47NO. The van der Waals surface area contributed by atoms with E-state index in [1.165, 1.54) is 87.0 Å². The molecular weight excluding hydrogens is 366 g/mol. The van der Waals surface area contributed by atoms with Crippen molar-refractivity contribution < 1.29 is 5.48 Å². The van der Waals surface area contributed by atoms with E-state index in [0.29, 0.717) is 5.92 Å². The summed E-state index contributed by atoms with van der Waals surface area (Å²) in [4.78, 5) is 0. The van der Waals surface area contributed by atoms with E-state index in [4.69, 9.17) is 5.73 Å². The molecule has 0 saturated carbocycles. The van der Waals surface area contributed by atoms with Crippen LogP contribution < -0.4 is 5.73 Å². The van der Waals surface area contributed by atoms with Gasteiger partial charge in [0, 0.05) is 11.5 Å². The van der Waals surface area contributed by atoms with Gasteiger partial charge in [0.1, 0.15) is 0 Å². The van der Waals surface area contributed by atoms with Crippen molar-refractivity contribution in [2.75, 3.05) is 0 Å². The summed E-state index contributed by atoms with van der Waals surface area (Å²) >= 11 is 0. The van der Waals surface area contributed by atoms with Crippen LogP contribution in [-0.2, 0) is 0 Å². The third kappa shape index (κ3) is 7.71. The smallest absolute Gasteiger partial charge is 0.0218 e.